The van der Waals surface area contributed by atoms with Gasteiger partial charge in [0, 0.05) is 25.2 Å². The summed E-state index contributed by atoms with van der Waals surface area (Å²) in [7, 11) is 0. The van der Waals surface area contributed by atoms with Crippen molar-refractivity contribution < 1.29 is 9.72 Å². The summed E-state index contributed by atoms with van der Waals surface area (Å²) in [5, 5.41) is 14.0. The van der Waals surface area contributed by atoms with Gasteiger partial charge in [-0.3, -0.25) is 14.9 Å². The quantitative estimate of drug-likeness (QED) is 0.620. The van der Waals surface area contributed by atoms with E-state index in [4.69, 9.17) is 11.6 Å². The standard InChI is InChI=1S/C19H20ClN3O3/c1-13-8-10-22(11-9-13)18-5-3-2-4-17(18)21-19(24)15-12-14(23(25)26)6-7-16(15)20/h2-7,12-13H,8-11H2,1H3,(H,21,24). The predicted molar refractivity (Wildman–Crippen MR) is 103 cm³/mol. The number of hydrogen-bond donors (Lipinski definition) is 1. The van der Waals surface area contributed by atoms with E-state index >= 15 is 0 Å². The first-order chi connectivity index (χ1) is 12.5. The molecule has 0 spiro atoms. The highest BCUT2D eigenvalue weighted by Crippen LogP contribution is 2.31. The third-order valence-electron chi connectivity index (χ3n) is 4.68. The number of rotatable bonds is 4. The summed E-state index contributed by atoms with van der Waals surface area (Å²) in [5.41, 5.74) is 1.55. The average molecular weight is 374 g/mol. The summed E-state index contributed by atoms with van der Waals surface area (Å²) in [6.07, 6.45) is 2.22. The molecular formula is C19H20ClN3O3. The largest absolute Gasteiger partial charge is 0.370 e. The highest BCUT2D eigenvalue weighted by Gasteiger charge is 2.21. The smallest absolute Gasteiger partial charge is 0.270 e. The normalized spacial score (nSPS) is 14.9. The van der Waals surface area contributed by atoms with Crippen LogP contribution in [0.4, 0.5) is 17.1 Å². The number of anilines is 2. The molecule has 0 aliphatic carbocycles. The van der Waals surface area contributed by atoms with Crippen LogP contribution >= 0.6 is 11.6 Å². The van der Waals surface area contributed by atoms with E-state index in [9.17, 15) is 14.9 Å². The Morgan fingerprint density at radius 2 is 1.92 bits per heavy atom. The Morgan fingerprint density at radius 3 is 2.62 bits per heavy atom. The first-order valence-corrected chi connectivity index (χ1v) is 8.93. The molecule has 2 aromatic carbocycles. The zero-order valence-corrected chi connectivity index (χ0v) is 15.2. The van der Waals surface area contributed by atoms with Crippen LogP contribution in [0.25, 0.3) is 0 Å². The van der Waals surface area contributed by atoms with E-state index in [0.717, 1.165) is 31.6 Å². The van der Waals surface area contributed by atoms with Gasteiger partial charge in [0.2, 0.25) is 0 Å². The Labute approximate surface area is 156 Å². The summed E-state index contributed by atoms with van der Waals surface area (Å²) in [6, 6.07) is 11.4. The molecule has 0 saturated carbocycles. The second kappa shape index (κ2) is 7.74. The lowest BCUT2D eigenvalue weighted by molar-refractivity contribution is -0.384. The van der Waals surface area contributed by atoms with Gasteiger partial charge in [-0.25, -0.2) is 0 Å². The first kappa shape index (κ1) is 18.2. The fourth-order valence-electron chi connectivity index (χ4n) is 3.10. The van der Waals surface area contributed by atoms with Crippen molar-refractivity contribution in [3.05, 3.63) is 63.2 Å². The zero-order valence-electron chi connectivity index (χ0n) is 14.4. The van der Waals surface area contributed by atoms with Crippen molar-refractivity contribution in [2.45, 2.75) is 19.8 Å². The minimum Gasteiger partial charge on any atom is -0.370 e. The van der Waals surface area contributed by atoms with Crippen LogP contribution in [0.1, 0.15) is 30.1 Å². The van der Waals surface area contributed by atoms with Gasteiger partial charge in [-0.15, -0.1) is 0 Å². The fraction of sp³-hybridized carbons (Fsp3) is 0.316. The number of non-ortho nitro benzene ring substituents is 1. The lowest BCUT2D eigenvalue weighted by Crippen LogP contribution is -2.33. The molecule has 6 nitrogen and oxygen atoms in total. The lowest BCUT2D eigenvalue weighted by Gasteiger charge is -2.33. The molecule has 0 unspecified atom stereocenters. The Morgan fingerprint density at radius 1 is 1.23 bits per heavy atom. The van der Waals surface area contributed by atoms with Gasteiger partial charge >= 0.3 is 0 Å². The van der Waals surface area contributed by atoms with Crippen molar-refractivity contribution in [2.24, 2.45) is 5.92 Å². The number of hydrogen-bond acceptors (Lipinski definition) is 4. The summed E-state index contributed by atoms with van der Waals surface area (Å²) in [6.45, 7) is 4.12. The molecule has 1 heterocycles. The third-order valence-corrected chi connectivity index (χ3v) is 5.01. The second-order valence-electron chi connectivity index (χ2n) is 6.56. The van der Waals surface area contributed by atoms with Crippen molar-refractivity contribution in [3.8, 4) is 0 Å². The molecule has 7 heteroatoms. The number of amides is 1. The monoisotopic (exact) mass is 373 g/mol. The minimum absolute atomic E-state index is 0.0861. The summed E-state index contributed by atoms with van der Waals surface area (Å²) < 4.78 is 0. The van der Waals surface area contributed by atoms with E-state index in [1.165, 1.54) is 18.2 Å². The highest BCUT2D eigenvalue weighted by molar-refractivity contribution is 6.34. The number of piperidine rings is 1. The van der Waals surface area contributed by atoms with E-state index < -0.39 is 10.8 Å². The van der Waals surface area contributed by atoms with Crippen LogP contribution in [-0.2, 0) is 0 Å². The molecule has 2 aromatic rings. The van der Waals surface area contributed by atoms with Gasteiger partial charge in [-0.05, 0) is 37.0 Å². The third kappa shape index (κ3) is 3.96. The van der Waals surface area contributed by atoms with Crippen molar-refractivity contribution in [1.29, 1.82) is 0 Å². The second-order valence-corrected chi connectivity index (χ2v) is 6.97. The topological polar surface area (TPSA) is 75.5 Å². The van der Waals surface area contributed by atoms with Crippen LogP contribution in [0.3, 0.4) is 0 Å². The van der Waals surface area contributed by atoms with Gasteiger partial charge in [-0.1, -0.05) is 30.7 Å². The molecule has 1 amide bonds. The van der Waals surface area contributed by atoms with Gasteiger partial charge in [0.25, 0.3) is 11.6 Å². The van der Waals surface area contributed by atoms with Crippen molar-refractivity contribution in [2.75, 3.05) is 23.3 Å². The predicted octanol–water partition coefficient (Wildman–Crippen LogP) is 4.74. The molecule has 1 aliphatic rings. The number of nitrogens with one attached hydrogen (secondary N) is 1. The molecule has 3 rings (SSSR count). The molecule has 0 radical (unpaired) electrons. The summed E-state index contributed by atoms with van der Waals surface area (Å²) in [5.74, 6) is 0.244. The van der Waals surface area contributed by atoms with Crippen LogP contribution in [0.2, 0.25) is 5.02 Å². The SMILES string of the molecule is CC1CCN(c2ccccc2NC(=O)c2cc([N+](=O)[O-])ccc2Cl)CC1. The van der Waals surface area contributed by atoms with E-state index in [1.807, 2.05) is 24.3 Å². The molecule has 1 aliphatic heterocycles. The van der Waals surface area contributed by atoms with Crippen LogP contribution < -0.4 is 10.2 Å². The van der Waals surface area contributed by atoms with Crippen LogP contribution in [-0.4, -0.2) is 23.9 Å². The van der Waals surface area contributed by atoms with E-state index in [0.29, 0.717) is 11.6 Å². The summed E-state index contributed by atoms with van der Waals surface area (Å²) >= 11 is 6.07. The van der Waals surface area contributed by atoms with Gasteiger partial charge in [0.05, 0.1) is 26.9 Å². The van der Waals surface area contributed by atoms with Crippen LogP contribution in [0.15, 0.2) is 42.5 Å². The number of nitrogens with zero attached hydrogens (tertiary/aromatic N) is 2. The maximum absolute atomic E-state index is 12.7. The average Bonchev–Trinajstić information content (AvgIpc) is 2.63. The number of benzene rings is 2. The lowest BCUT2D eigenvalue weighted by atomic mass is 9.98. The first-order valence-electron chi connectivity index (χ1n) is 8.55. The number of para-hydroxylation sites is 2. The zero-order chi connectivity index (χ0) is 18.7. The van der Waals surface area contributed by atoms with Gasteiger partial charge in [0.15, 0.2) is 0 Å². The maximum Gasteiger partial charge on any atom is 0.270 e. The number of carbonyl (C=O) groups is 1. The highest BCUT2D eigenvalue weighted by atomic mass is 35.5. The number of nitro benzene ring substituents is 1. The van der Waals surface area contributed by atoms with Crippen LogP contribution in [0, 0.1) is 16.0 Å². The number of halogens is 1. The fourth-order valence-corrected chi connectivity index (χ4v) is 3.30. The van der Waals surface area contributed by atoms with Crippen molar-refractivity contribution >= 4 is 34.6 Å². The molecule has 0 atom stereocenters. The molecule has 1 N–H and O–H groups in total. The summed E-state index contributed by atoms with van der Waals surface area (Å²) in [4.78, 5) is 25.3. The molecule has 26 heavy (non-hydrogen) atoms. The van der Waals surface area contributed by atoms with Gasteiger partial charge in [-0.2, -0.15) is 0 Å². The van der Waals surface area contributed by atoms with Crippen LogP contribution in [0.5, 0.6) is 0 Å². The van der Waals surface area contributed by atoms with Crippen molar-refractivity contribution in [1.82, 2.24) is 0 Å². The Balaban J connectivity index is 1.84. The molecule has 0 aromatic heterocycles. The molecule has 136 valence electrons. The number of nitro groups is 1. The minimum atomic E-state index is -0.546. The van der Waals surface area contributed by atoms with Crippen molar-refractivity contribution in [3.63, 3.8) is 0 Å². The molecule has 0 bridgehead atoms. The van der Waals surface area contributed by atoms with E-state index in [-0.39, 0.29) is 16.3 Å². The molecule has 1 fully saturated rings. The number of carbonyl (C=O) groups excluding carboxylic acids is 1. The Kier molecular flexibility index (Phi) is 5.42. The van der Waals surface area contributed by atoms with E-state index in [1.54, 1.807) is 0 Å². The van der Waals surface area contributed by atoms with Gasteiger partial charge in [0.1, 0.15) is 0 Å². The molecular weight excluding hydrogens is 354 g/mol. The molecule has 1 saturated heterocycles. The van der Waals surface area contributed by atoms with E-state index in [2.05, 4.69) is 17.1 Å². The maximum atomic E-state index is 12.7. The Bertz CT molecular complexity index is 833. The van der Waals surface area contributed by atoms with Gasteiger partial charge < -0.3 is 10.2 Å². The Hall–Kier alpha value is -2.60.